The van der Waals surface area contributed by atoms with Crippen molar-refractivity contribution < 1.29 is 4.74 Å². The fraction of sp³-hybridized carbons (Fsp3) is 0.250. The van der Waals surface area contributed by atoms with E-state index in [1.54, 1.807) is 0 Å². The van der Waals surface area contributed by atoms with Crippen LogP contribution in [0.4, 0.5) is 0 Å². The third kappa shape index (κ3) is 1.81. The van der Waals surface area contributed by atoms with Gasteiger partial charge in [-0.3, -0.25) is 0 Å². The molecular weight excluding hydrogens is 240 g/mol. The Bertz CT molecular complexity index is 589. The van der Waals surface area contributed by atoms with Crippen molar-refractivity contribution in [1.82, 2.24) is 0 Å². The van der Waals surface area contributed by atoms with Crippen molar-refractivity contribution in [3.05, 3.63) is 46.5 Å². The van der Waals surface area contributed by atoms with E-state index >= 15 is 0 Å². The maximum absolute atomic E-state index is 6.13. The van der Waals surface area contributed by atoms with Gasteiger partial charge in [-0.05, 0) is 62.1 Å². The van der Waals surface area contributed by atoms with Crippen molar-refractivity contribution in [1.29, 1.82) is 0 Å². The topological polar surface area (TPSA) is 9.23 Å². The predicted octanol–water partition coefficient (Wildman–Crippen LogP) is 5.18. The molecule has 3 rings (SSSR count). The fourth-order valence-electron chi connectivity index (χ4n) is 2.46. The molecule has 18 heavy (non-hydrogen) atoms. The quantitative estimate of drug-likeness (QED) is 0.548. The summed E-state index contributed by atoms with van der Waals surface area (Å²) in [6.45, 7) is 8.48. The lowest BCUT2D eigenvalue weighted by Gasteiger charge is -2.23. The van der Waals surface area contributed by atoms with Crippen LogP contribution in [0.1, 0.15) is 22.3 Å². The zero-order valence-electron chi connectivity index (χ0n) is 11.1. The van der Waals surface area contributed by atoms with Gasteiger partial charge in [0.1, 0.15) is 11.5 Å². The molecule has 92 valence electrons. The standard InChI is InChI=1S/C16H16OS/c1-9-5-11(3)15-13(7-9)18-14-8-10(2)6-12(4)16(14)17-15/h5-8H,1-4H3. The van der Waals surface area contributed by atoms with E-state index < -0.39 is 0 Å². The molecule has 0 aromatic heterocycles. The van der Waals surface area contributed by atoms with Crippen LogP contribution in [0.5, 0.6) is 11.5 Å². The molecule has 0 radical (unpaired) electrons. The van der Waals surface area contributed by atoms with Crippen LogP contribution in [-0.4, -0.2) is 0 Å². The maximum atomic E-state index is 6.13. The molecule has 0 spiro atoms. The molecule has 0 N–H and O–H groups in total. The van der Waals surface area contributed by atoms with E-state index in [1.807, 2.05) is 11.8 Å². The van der Waals surface area contributed by atoms with Crippen LogP contribution >= 0.6 is 11.8 Å². The highest BCUT2D eigenvalue weighted by Gasteiger charge is 2.21. The second-order valence-corrected chi connectivity index (χ2v) is 6.11. The van der Waals surface area contributed by atoms with Crippen LogP contribution in [0, 0.1) is 27.7 Å². The molecule has 0 atom stereocenters. The van der Waals surface area contributed by atoms with Crippen LogP contribution in [0.2, 0.25) is 0 Å². The lowest BCUT2D eigenvalue weighted by Crippen LogP contribution is -2.00. The smallest absolute Gasteiger partial charge is 0.144 e. The van der Waals surface area contributed by atoms with Crippen LogP contribution < -0.4 is 4.74 Å². The number of ether oxygens (including phenoxy) is 1. The van der Waals surface area contributed by atoms with E-state index in [4.69, 9.17) is 4.74 Å². The van der Waals surface area contributed by atoms with Crippen molar-refractivity contribution in [2.24, 2.45) is 0 Å². The summed E-state index contributed by atoms with van der Waals surface area (Å²) in [5.41, 5.74) is 5.00. The largest absolute Gasteiger partial charge is 0.454 e. The molecule has 2 heteroatoms. The van der Waals surface area contributed by atoms with Gasteiger partial charge in [-0.25, -0.2) is 0 Å². The third-order valence-corrected chi connectivity index (χ3v) is 4.24. The highest BCUT2D eigenvalue weighted by molar-refractivity contribution is 7.99. The van der Waals surface area contributed by atoms with Crippen LogP contribution in [-0.2, 0) is 0 Å². The normalized spacial score (nSPS) is 12.7. The Balaban J connectivity index is 2.18. The summed E-state index contributed by atoms with van der Waals surface area (Å²) in [6.07, 6.45) is 0. The van der Waals surface area contributed by atoms with Gasteiger partial charge >= 0.3 is 0 Å². The average molecular weight is 256 g/mol. The number of aryl methyl sites for hydroxylation is 4. The van der Waals surface area contributed by atoms with Gasteiger partial charge in [-0.2, -0.15) is 0 Å². The summed E-state index contributed by atoms with van der Waals surface area (Å²) in [7, 11) is 0. The summed E-state index contributed by atoms with van der Waals surface area (Å²) < 4.78 is 6.13. The number of rotatable bonds is 0. The van der Waals surface area contributed by atoms with Crippen molar-refractivity contribution in [3.8, 4) is 11.5 Å². The zero-order chi connectivity index (χ0) is 12.9. The summed E-state index contributed by atoms with van der Waals surface area (Å²) in [5.74, 6) is 2.04. The monoisotopic (exact) mass is 256 g/mol. The molecule has 0 amide bonds. The van der Waals surface area contributed by atoms with Crippen LogP contribution in [0.3, 0.4) is 0 Å². The maximum Gasteiger partial charge on any atom is 0.144 e. The summed E-state index contributed by atoms with van der Waals surface area (Å²) >= 11 is 1.81. The van der Waals surface area contributed by atoms with Gasteiger partial charge in [-0.1, -0.05) is 23.9 Å². The Hall–Kier alpha value is -1.41. The molecular formula is C16H16OS. The van der Waals surface area contributed by atoms with Crippen molar-refractivity contribution in [3.63, 3.8) is 0 Å². The van der Waals surface area contributed by atoms with Gasteiger partial charge in [-0.15, -0.1) is 0 Å². The first-order valence-electron chi connectivity index (χ1n) is 6.13. The summed E-state index contributed by atoms with van der Waals surface area (Å²) in [4.78, 5) is 2.45. The Morgan fingerprint density at radius 2 is 1.17 bits per heavy atom. The van der Waals surface area contributed by atoms with E-state index in [0.717, 1.165) is 11.5 Å². The summed E-state index contributed by atoms with van der Waals surface area (Å²) in [6, 6.07) is 8.75. The lowest BCUT2D eigenvalue weighted by atomic mass is 10.1. The molecule has 1 aliphatic rings. The number of hydrogen-bond acceptors (Lipinski definition) is 2. The van der Waals surface area contributed by atoms with Crippen molar-refractivity contribution in [2.45, 2.75) is 37.5 Å². The number of benzene rings is 2. The van der Waals surface area contributed by atoms with E-state index in [-0.39, 0.29) is 0 Å². The number of hydrogen-bond donors (Lipinski definition) is 0. The molecule has 1 nitrogen and oxygen atoms in total. The Kier molecular flexibility index (Phi) is 2.63. The third-order valence-electron chi connectivity index (χ3n) is 3.19. The molecule has 0 saturated carbocycles. The van der Waals surface area contributed by atoms with Gasteiger partial charge in [0.25, 0.3) is 0 Å². The van der Waals surface area contributed by atoms with Gasteiger partial charge in [0.2, 0.25) is 0 Å². The molecule has 0 fully saturated rings. The van der Waals surface area contributed by atoms with Gasteiger partial charge < -0.3 is 4.74 Å². The molecule has 0 unspecified atom stereocenters. The van der Waals surface area contributed by atoms with Crippen molar-refractivity contribution in [2.75, 3.05) is 0 Å². The van der Waals surface area contributed by atoms with Crippen molar-refractivity contribution >= 4 is 11.8 Å². The Morgan fingerprint density at radius 3 is 1.61 bits per heavy atom. The predicted molar refractivity (Wildman–Crippen MR) is 76.0 cm³/mol. The Morgan fingerprint density at radius 1 is 0.722 bits per heavy atom. The minimum Gasteiger partial charge on any atom is -0.454 e. The molecule has 1 aliphatic heterocycles. The van der Waals surface area contributed by atoms with Crippen LogP contribution in [0.15, 0.2) is 34.1 Å². The first-order chi connectivity index (χ1) is 8.54. The summed E-state index contributed by atoms with van der Waals surface area (Å²) in [5, 5.41) is 0. The van der Waals surface area contributed by atoms with E-state index in [9.17, 15) is 0 Å². The highest BCUT2D eigenvalue weighted by Crippen LogP contribution is 2.50. The average Bonchev–Trinajstić information content (AvgIpc) is 2.26. The van der Waals surface area contributed by atoms with E-state index in [2.05, 4.69) is 52.0 Å². The first kappa shape index (κ1) is 11.7. The molecule has 0 aliphatic carbocycles. The number of fused-ring (bicyclic) bond motifs is 2. The van der Waals surface area contributed by atoms with E-state index in [0.29, 0.717) is 0 Å². The zero-order valence-corrected chi connectivity index (χ0v) is 11.9. The molecule has 0 bridgehead atoms. The molecule has 0 saturated heterocycles. The fourth-order valence-corrected chi connectivity index (χ4v) is 3.78. The van der Waals surface area contributed by atoms with Gasteiger partial charge in [0.15, 0.2) is 0 Å². The second kappa shape index (κ2) is 4.06. The second-order valence-electron chi connectivity index (χ2n) is 5.02. The highest BCUT2D eigenvalue weighted by atomic mass is 32.2. The molecule has 2 aromatic carbocycles. The Labute approximate surface area is 112 Å². The SMILES string of the molecule is Cc1cc(C)c2c(c1)Sc1cc(C)cc(C)c1O2. The molecule has 2 aromatic rings. The van der Waals surface area contributed by atoms with Crippen LogP contribution in [0.25, 0.3) is 0 Å². The van der Waals surface area contributed by atoms with Gasteiger partial charge in [0, 0.05) is 0 Å². The minimum absolute atomic E-state index is 1.02. The molecule has 1 heterocycles. The first-order valence-corrected chi connectivity index (χ1v) is 6.94. The van der Waals surface area contributed by atoms with Gasteiger partial charge in [0.05, 0.1) is 9.79 Å². The van der Waals surface area contributed by atoms with E-state index in [1.165, 1.54) is 32.0 Å². The minimum atomic E-state index is 1.02. The lowest BCUT2D eigenvalue weighted by molar-refractivity contribution is 0.446.